The molecule has 0 aliphatic carbocycles. The highest BCUT2D eigenvalue weighted by molar-refractivity contribution is 6.03. The number of carbonyl (C=O) groups excluding carboxylic acids is 1. The van der Waals surface area contributed by atoms with Crippen LogP contribution >= 0.6 is 0 Å². The molecule has 0 bridgehead atoms. The third-order valence-corrected chi connectivity index (χ3v) is 2.53. The first kappa shape index (κ1) is 15.5. The summed E-state index contributed by atoms with van der Waals surface area (Å²) in [6.45, 7) is 4.21. The smallest absolute Gasteiger partial charge is 0.413 e. The van der Waals surface area contributed by atoms with Crippen molar-refractivity contribution in [1.29, 1.82) is 0 Å². The van der Waals surface area contributed by atoms with Crippen molar-refractivity contribution < 1.29 is 22.7 Å². The van der Waals surface area contributed by atoms with E-state index in [1.807, 2.05) is 0 Å². The molecule has 0 saturated carbocycles. The molecule has 0 amide bonds. The maximum atomic E-state index is 12.7. The Kier molecular flexibility index (Phi) is 4.25. The van der Waals surface area contributed by atoms with E-state index < -0.39 is 17.5 Å². The SMILES string of the molecule is CC(C)Oc1cccc(C(=O)C(C)(N)C(F)(F)F)c1. The van der Waals surface area contributed by atoms with E-state index in [-0.39, 0.29) is 11.7 Å². The van der Waals surface area contributed by atoms with Gasteiger partial charge in [0.15, 0.2) is 11.3 Å². The normalized spacial score (nSPS) is 15.2. The lowest BCUT2D eigenvalue weighted by molar-refractivity contribution is -0.165. The molecule has 0 aliphatic heterocycles. The van der Waals surface area contributed by atoms with Crippen LogP contribution in [-0.2, 0) is 0 Å². The molecule has 6 heteroatoms. The summed E-state index contributed by atoms with van der Waals surface area (Å²) in [7, 11) is 0. The van der Waals surface area contributed by atoms with Gasteiger partial charge in [-0.15, -0.1) is 0 Å². The first-order valence-corrected chi connectivity index (χ1v) is 5.73. The van der Waals surface area contributed by atoms with Gasteiger partial charge in [-0.1, -0.05) is 12.1 Å². The van der Waals surface area contributed by atoms with Crippen molar-refractivity contribution >= 4 is 5.78 Å². The van der Waals surface area contributed by atoms with Gasteiger partial charge in [0.05, 0.1) is 6.10 Å². The molecule has 0 aromatic heterocycles. The average Bonchev–Trinajstić information content (AvgIpc) is 2.25. The first-order chi connectivity index (χ1) is 8.55. The average molecular weight is 275 g/mol. The Morgan fingerprint density at radius 3 is 2.37 bits per heavy atom. The first-order valence-electron chi connectivity index (χ1n) is 5.73. The van der Waals surface area contributed by atoms with Crippen LogP contribution < -0.4 is 10.5 Å². The van der Waals surface area contributed by atoms with Gasteiger partial charge >= 0.3 is 6.18 Å². The number of alkyl halides is 3. The Labute approximate surface area is 109 Å². The minimum atomic E-state index is -4.81. The molecular formula is C13H16F3NO2. The zero-order chi connectivity index (χ0) is 14.8. The summed E-state index contributed by atoms with van der Waals surface area (Å²) >= 11 is 0. The van der Waals surface area contributed by atoms with Crippen LogP contribution in [0, 0.1) is 0 Å². The molecule has 1 atom stereocenters. The van der Waals surface area contributed by atoms with Crippen LogP contribution in [0.25, 0.3) is 0 Å². The third kappa shape index (κ3) is 3.47. The molecule has 3 nitrogen and oxygen atoms in total. The molecule has 0 aliphatic rings. The molecule has 1 aromatic carbocycles. The van der Waals surface area contributed by atoms with E-state index in [0.717, 1.165) is 0 Å². The quantitative estimate of drug-likeness (QED) is 0.859. The Morgan fingerprint density at radius 2 is 1.89 bits per heavy atom. The zero-order valence-corrected chi connectivity index (χ0v) is 10.9. The van der Waals surface area contributed by atoms with E-state index in [0.29, 0.717) is 12.7 Å². The van der Waals surface area contributed by atoms with E-state index in [1.54, 1.807) is 19.9 Å². The predicted molar refractivity (Wildman–Crippen MR) is 65.2 cm³/mol. The highest BCUT2D eigenvalue weighted by Gasteiger charge is 2.53. The van der Waals surface area contributed by atoms with Crippen molar-refractivity contribution in [2.75, 3.05) is 0 Å². The second-order valence-corrected chi connectivity index (χ2v) is 4.72. The van der Waals surface area contributed by atoms with Crippen LogP contribution in [0.2, 0.25) is 0 Å². The summed E-state index contributed by atoms with van der Waals surface area (Å²) in [6.07, 6.45) is -4.95. The fraction of sp³-hybridized carbons (Fsp3) is 0.462. The van der Waals surface area contributed by atoms with Gasteiger partial charge in [0.2, 0.25) is 0 Å². The monoisotopic (exact) mass is 275 g/mol. The second-order valence-electron chi connectivity index (χ2n) is 4.72. The third-order valence-electron chi connectivity index (χ3n) is 2.53. The van der Waals surface area contributed by atoms with Crippen molar-refractivity contribution in [3.63, 3.8) is 0 Å². The summed E-state index contributed by atoms with van der Waals surface area (Å²) in [4.78, 5) is 11.9. The van der Waals surface area contributed by atoms with Gasteiger partial charge in [-0.25, -0.2) is 0 Å². The van der Waals surface area contributed by atoms with E-state index >= 15 is 0 Å². The molecule has 0 spiro atoms. The van der Waals surface area contributed by atoms with Gasteiger partial charge < -0.3 is 10.5 Å². The molecule has 2 N–H and O–H groups in total. The van der Waals surface area contributed by atoms with Crippen molar-refractivity contribution in [3.8, 4) is 5.75 Å². The molecule has 0 radical (unpaired) electrons. The van der Waals surface area contributed by atoms with Crippen molar-refractivity contribution in [2.24, 2.45) is 5.73 Å². The number of hydrogen-bond acceptors (Lipinski definition) is 3. The zero-order valence-electron chi connectivity index (χ0n) is 10.9. The van der Waals surface area contributed by atoms with Crippen LogP contribution in [0.5, 0.6) is 5.75 Å². The van der Waals surface area contributed by atoms with Crippen molar-refractivity contribution in [3.05, 3.63) is 29.8 Å². The van der Waals surface area contributed by atoms with Gasteiger partial charge in [0.25, 0.3) is 0 Å². The second kappa shape index (κ2) is 5.21. The summed E-state index contributed by atoms with van der Waals surface area (Å²) in [5, 5.41) is 0. The molecule has 1 aromatic rings. The van der Waals surface area contributed by atoms with Crippen LogP contribution in [-0.4, -0.2) is 23.6 Å². The van der Waals surface area contributed by atoms with Crippen LogP contribution in [0.1, 0.15) is 31.1 Å². The van der Waals surface area contributed by atoms with Crippen molar-refractivity contribution in [1.82, 2.24) is 0 Å². The number of rotatable bonds is 4. The lowest BCUT2D eigenvalue weighted by atomic mass is 9.91. The van der Waals surface area contributed by atoms with Crippen LogP contribution in [0.3, 0.4) is 0 Å². The number of nitrogens with two attached hydrogens (primary N) is 1. The number of Topliss-reactive ketones (excluding diaryl/α,β-unsaturated/α-hetero) is 1. The number of ether oxygens (including phenoxy) is 1. The molecule has 19 heavy (non-hydrogen) atoms. The number of ketones is 1. The van der Waals surface area contributed by atoms with Gasteiger partial charge in [-0.05, 0) is 32.9 Å². The summed E-state index contributed by atoms with van der Waals surface area (Å²) in [6, 6.07) is 5.57. The summed E-state index contributed by atoms with van der Waals surface area (Å²) in [5.74, 6) is -0.854. The fourth-order valence-corrected chi connectivity index (χ4v) is 1.41. The standard InChI is InChI=1S/C13H16F3NO2/c1-8(2)19-10-6-4-5-9(7-10)11(18)12(3,17)13(14,15)16/h4-8H,17H2,1-3H3. The Bertz CT molecular complexity index is 467. The molecule has 0 heterocycles. The minimum absolute atomic E-state index is 0.125. The number of halogens is 3. The maximum absolute atomic E-state index is 12.7. The van der Waals surface area contributed by atoms with E-state index in [9.17, 15) is 18.0 Å². The lowest BCUT2D eigenvalue weighted by Gasteiger charge is -2.26. The van der Waals surface area contributed by atoms with Gasteiger partial charge in [0, 0.05) is 5.56 Å². The van der Waals surface area contributed by atoms with Crippen molar-refractivity contribution in [2.45, 2.75) is 38.6 Å². The number of benzene rings is 1. The fourth-order valence-electron chi connectivity index (χ4n) is 1.41. The molecular weight excluding hydrogens is 259 g/mol. The van der Waals surface area contributed by atoms with E-state index in [4.69, 9.17) is 10.5 Å². The molecule has 1 rings (SSSR count). The molecule has 0 saturated heterocycles. The van der Waals surface area contributed by atoms with Gasteiger partial charge in [-0.2, -0.15) is 13.2 Å². The molecule has 1 unspecified atom stereocenters. The number of carbonyl (C=O) groups is 1. The topological polar surface area (TPSA) is 52.3 Å². The van der Waals surface area contributed by atoms with Crippen LogP contribution in [0.4, 0.5) is 13.2 Å². The maximum Gasteiger partial charge on any atom is 0.413 e. The Hall–Kier alpha value is -1.56. The van der Waals surface area contributed by atoms with Gasteiger partial charge in [0.1, 0.15) is 5.75 Å². The number of hydrogen-bond donors (Lipinski definition) is 1. The Morgan fingerprint density at radius 1 is 1.32 bits per heavy atom. The lowest BCUT2D eigenvalue weighted by Crippen LogP contribution is -2.57. The highest BCUT2D eigenvalue weighted by atomic mass is 19.4. The van der Waals surface area contributed by atoms with E-state index in [2.05, 4.69) is 0 Å². The van der Waals surface area contributed by atoms with Gasteiger partial charge in [-0.3, -0.25) is 4.79 Å². The summed E-state index contributed by atoms with van der Waals surface area (Å²) < 4.78 is 43.4. The highest BCUT2D eigenvalue weighted by Crippen LogP contribution is 2.31. The molecule has 0 fully saturated rings. The predicted octanol–water partition coefficient (Wildman–Crippen LogP) is 2.94. The minimum Gasteiger partial charge on any atom is -0.491 e. The van der Waals surface area contributed by atoms with E-state index in [1.165, 1.54) is 18.2 Å². The Balaban J connectivity index is 3.07. The largest absolute Gasteiger partial charge is 0.491 e. The van der Waals surface area contributed by atoms with Crippen LogP contribution in [0.15, 0.2) is 24.3 Å². The molecule has 106 valence electrons. The summed E-state index contributed by atoms with van der Waals surface area (Å²) in [5.41, 5.74) is 2.07.